The number of carbonyl (C=O) groups excluding carboxylic acids is 5. The normalized spacial score (nSPS) is 30.8. The molecule has 0 aliphatic carbocycles. The Hall–Kier alpha value is -3.67. The van der Waals surface area contributed by atoms with Gasteiger partial charge in [-0.15, -0.1) is 0 Å². The van der Waals surface area contributed by atoms with E-state index in [4.69, 9.17) is 42.6 Å². The Balaban J connectivity index is 1.98. The molecule has 2 aliphatic rings. The largest absolute Gasteiger partial charge is 0.463 e. The van der Waals surface area contributed by atoms with Crippen LogP contribution in [0.3, 0.4) is 0 Å². The van der Waals surface area contributed by atoms with Gasteiger partial charge in [0.25, 0.3) is 0 Å². The van der Waals surface area contributed by atoms with Crippen molar-refractivity contribution < 1.29 is 71.7 Å². The van der Waals surface area contributed by atoms with Gasteiger partial charge in [-0.25, -0.2) is 0 Å². The number of esters is 4. The van der Waals surface area contributed by atoms with Gasteiger partial charge in [-0.1, -0.05) is 30.3 Å². The van der Waals surface area contributed by atoms with Crippen LogP contribution in [0.4, 0.5) is 0 Å². The molecule has 10 atom stereocenters. The lowest BCUT2D eigenvalue weighted by Crippen LogP contribution is -2.68. The molecular formula is C30H41NO15. The smallest absolute Gasteiger partial charge is 0.303 e. The van der Waals surface area contributed by atoms with Gasteiger partial charge >= 0.3 is 23.9 Å². The SMILES string of the molecule is CO[C@@H]1O[C@H](COCc2ccccc2)[C@@H](O)[C@H](O[C@@H]2O[C@H](COC(C)=O)[C@H](OC(C)=O)[C@H](OC(C)=O)[C@H]2OC(C)=O)[C@H]1NC(C)=O. The monoisotopic (exact) mass is 655 g/mol. The Morgan fingerprint density at radius 1 is 0.739 bits per heavy atom. The number of methoxy groups -OCH3 is 1. The zero-order valence-corrected chi connectivity index (χ0v) is 26.4. The number of rotatable bonds is 13. The zero-order chi connectivity index (χ0) is 34.0. The first-order valence-corrected chi connectivity index (χ1v) is 14.5. The van der Waals surface area contributed by atoms with Crippen LogP contribution in [0.1, 0.15) is 40.2 Å². The third-order valence-electron chi connectivity index (χ3n) is 6.91. The van der Waals surface area contributed by atoms with E-state index in [0.29, 0.717) is 0 Å². The maximum absolute atomic E-state index is 12.3. The van der Waals surface area contributed by atoms with Crippen molar-refractivity contribution in [3.8, 4) is 0 Å². The van der Waals surface area contributed by atoms with E-state index in [0.717, 1.165) is 33.3 Å². The molecule has 1 aromatic rings. The van der Waals surface area contributed by atoms with Gasteiger partial charge in [0.15, 0.2) is 30.9 Å². The van der Waals surface area contributed by atoms with E-state index in [9.17, 15) is 29.1 Å². The molecule has 0 spiro atoms. The average Bonchev–Trinajstić information content (AvgIpc) is 2.97. The predicted molar refractivity (Wildman–Crippen MR) is 152 cm³/mol. The summed E-state index contributed by atoms with van der Waals surface area (Å²) >= 11 is 0. The molecular weight excluding hydrogens is 614 g/mol. The molecule has 16 nitrogen and oxygen atoms in total. The molecule has 1 amide bonds. The van der Waals surface area contributed by atoms with Crippen LogP contribution in [-0.2, 0) is 73.2 Å². The zero-order valence-electron chi connectivity index (χ0n) is 26.4. The van der Waals surface area contributed by atoms with Crippen molar-refractivity contribution in [2.75, 3.05) is 20.3 Å². The summed E-state index contributed by atoms with van der Waals surface area (Å²) in [4.78, 5) is 60.4. The summed E-state index contributed by atoms with van der Waals surface area (Å²) in [5, 5.41) is 14.2. The van der Waals surface area contributed by atoms with Crippen LogP contribution in [0.15, 0.2) is 30.3 Å². The van der Waals surface area contributed by atoms with Gasteiger partial charge < -0.3 is 53.1 Å². The fraction of sp³-hybridized carbons (Fsp3) is 0.633. The third-order valence-corrected chi connectivity index (χ3v) is 6.91. The summed E-state index contributed by atoms with van der Waals surface area (Å²) in [6.45, 7) is 5.23. The van der Waals surface area contributed by atoms with Crippen molar-refractivity contribution in [3.63, 3.8) is 0 Å². The fourth-order valence-corrected chi connectivity index (χ4v) is 5.13. The van der Waals surface area contributed by atoms with E-state index in [1.54, 1.807) is 0 Å². The lowest BCUT2D eigenvalue weighted by Gasteiger charge is -2.48. The van der Waals surface area contributed by atoms with Gasteiger partial charge in [-0.2, -0.15) is 0 Å². The highest BCUT2D eigenvalue weighted by atomic mass is 16.7. The minimum absolute atomic E-state index is 0.124. The van der Waals surface area contributed by atoms with Crippen LogP contribution in [-0.4, -0.2) is 117 Å². The molecule has 2 N–H and O–H groups in total. The summed E-state index contributed by atoms with van der Waals surface area (Å²) in [7, 11) is 1.32. The second kappa shape index (κ2) is 17.3. The van der Waals surface area contributed by atoms with E-state index < -0.39 is 97.7 Å². The third kappa shape index (κ3) is 10.4. The van der Waals surface area contributed by atoms with Gasteiger partial charge in [0, 0.05) is 41.7 Å². The van der Waals surface area contributed by atoms with Gasteiger partial charge in [-0.05, 0) is 5.56 Å². The molecule has 16 heteroatoms. The van der Waals surface area contributed by atoms with Crippen molar-refractivity contribution in [3.05, 3.63) is 35.9 Å². The highest BCUT2D eigenvalue weighted by Gasteiger charge is 2.56. The molecule has 256 valence electrons. The van der Waals surface area contributed by atoms with E-state index >= 15 is 0 Å². The number of ether oxygens (including phenoxy) is 9. The van der Waals surface area contributed by atoms with Crippen LogP contribution < -0.4 is 5.32 Å². The molecule has 0 bridgehead atoms. The van der Waals surface area contributed by atoms with Crippen molar-refractivity contribution in [2.24, 2.45) is 0 Å². The van der Waals surface area contributed by atoms with Crippen LogP contribution in [0.5, 0.6) is 0 Å². The first-order chi connectivity index (χ1) is 21.8. The topological polar surface area (TPSA) is 201 Å². The summed E-state index contributed by atoms with van der Waals surface area (Å²) in [5.74, 6) is -3.68. The van der Waals surface area contributed by atoms with Crippen LogP contribution in [0, 0.1) is 0 Å². The molecule has 1 aromatic carbocycles. The van der Waals surface area contributed by atoms with Gasteiger partial charge in [0.05, 0.1) is 13.2 Å². The van der Waals surface area contributed by atoms with Crippen LogP contribution in [0.25, 0.3) is 0 Å². The maximum atomic E-state index is 12.3. The Bertz CT molecular complexity index is 1200. The highest BCUT2D eigenvalue weighted by Crippen LogP contribution is 2.33. The number of benzene rings is 1. The Labute approximate surface area is 265 Å². The Morgan fingerprint density at radius 3 is 1.89 bits per heavy atom. The second-order valence-electron chi connectivity index (χ2n) is 10.7. The second-order valence-corrected chi connectivity index (χ2v) is 10.7. The summed E-state index contributed by atoms with van der Waals surface area (Å²) in [5.41, 5.74) is 0.873. The lowest BCUT2D eigenvalue weighted by molar-refractivity contribution is -0.345. The molecule has 46 heavy (non-hydrogen) atoms. The summed E-state index contributed by atoms with van der Waals surface area (Å²) in [6.07, 6.45) is -12.5. The molecule has 3 rings (SSSR count). The van der Waals surface area contributed by atoms with Crippen molar-refractivity contribution in [2.45, 2.75) is 103 Å². The van der Waals surface area contributed by atoms with Gasteiger partial charge in [0.1, 0.15) is 37.1 Å². The number of nitrogens with one attached hydrogen (secondary N) is 1. The molecule has 2 fully saturated rings. The standard InChI is InChI=1S/C30H41NO15/c1-15(32)31-23-26(24(37)21(44-29(23)38-6)13-39-12-20-10-8-7-9-11-20)46-30-28(43-19(5)36)27(42-18(4)35)25(41-17(3)34)22(45-30)14-40-16(2)33/h7-11,21-30,37H,12-14H2,1-6H3,(H,31,32)/t21-,22-,23-,24-,25+,26-,27+,28-,29-,30+/m1/s1. The summed E-state index contributed by atoms with van der Waals surface area (Å²) in [6, 6.07) is 8.13. The van der Waals surface area contributed by atoms with Crippen molar-refractivity contribution in [1.29, 1.82) is 0 Å². The van der Waals surface area contributed by atoms with Crippen molar-refractivity contribution in [1.82, 2.24) is 5.32 Å². The number of aliphatic hydroxyl groups is 1. The molecule has 2 heterocycles. The molecule has 0 radical (unpaired) electrons. The highest BCUT2D eigenvalue weighted by molar-refractivity contribution is 5.73. The molecule has 0 saturated carbocycles. The first kappa shape index (κ1) is 36.8. The number of hydrogen-bond acceptors (Lipinski definition) is 15. The number of hydrogen-bond donors (Lipinski definition) is 2. The lowest BCUT2D eigenvalue weighted by atomic mass is 9.95. The average molecular weight is 656 g/mol. The number of amides is 1. The Kier molecular flexibility index (Phi) is 13.8. The van der Waals surface area contributed by atoms with Crippen molar-refractivity contribution >= 4 is 29.8 Å². The molecule has 0 aromatic heterocycles. The van der Waals surface area contributed by atoms with Gasteiger partial charge in [-0.3, -0.25) is 24.0 Å². The minimum Gasteiger partial charge on any atom is -0.463 e. The van der Waals surface area contributed by atoms with Crippen LogP contribution in [0.2, 0.25) is 0 Å². The predicted octanol–water partition coefficient (Wildman–Crippen LogP) is -0.0916. The quantitative estimate of drug-likeness (QED) is 0.211. The minimum atomic E-state index is -1.64. The fourth-order valence-electron chi connectivity index (χ4n) is 5.13. The first-order valence-electron chi connectivity index (χ1n) is 14.5. The van der Waals surface area contributed by atoms with E-state index in [1.807, 2.05) is 30.3 Å². The van der Waals surface area contributed by atoms with Gasteiger partial charge in [0.2, 0.25) is 5.91 Å². The number of carbonyl (C=O) groups is 5. The van der Waals surface area contributed by atoms with Crippen LogP contribution >= 0.6 is 0 Å². The molecule has 0 unspecified atom stereocenters. The number of aliphatic hydroxyl groups excluding tert-OH is 1. The Morgan fingerprint density at radius 2 is 1.33 bits per heavy atom. The van der Waals surface area contributed by atoms with E-state index in [1.165, 1.54) is 14.0 Å². The molecule has 2 saturated heterocycles. The van der Waals surface area contributed by atoms with E-state index in [2.05, 4.69) is 5.32 Å². The summed E-state index contributed by atoms with van der Waals surface area (Å²) < 4.78 is 50.9. The molecule has 2 aliphatic heterocycles. The maximum Gasteiger partial charge on any atom is 0.303 e. The van der Waals surface area contributed by atoms with E-state index in [-0.39, 0.29) is 13.2 Å².